The predicted octanol–water partition coefficient (Wildman–Crippen LogP) is 2.00. The first kappa shape index (κ1) is 8.81. The van der Waals surface area contributed by atoms with Crippen molar-refractivity contribution in [3.05, 3.63) is 35.0 Å². The molecule has 0 fully saturated rings. The van der Waals surface area contributed by atoms with Crippen LogP contribution in [0.1, 0.15) is 21.5 Å². The lowest BCUT2D eigenvalue weighted by atomic mass is 10.0. The summed E-state index contributed by atoms with van der Waals surface area (Å²) in [6.45, 7) is 1.97. The summed E-state index contributed by atoms with van der Waals surface area (Å²) < 4.78 is 4.69. The summed E-state index contributed by atoms with van der Waals surface area (Å²) in [7, 11) is 1.38. The lowest BCUT2D eigenvalue weighted by Gasteiger charge is -2.07. The van der Waals surface area contributed by atoms with E-state index >= 15 is 0 Å². The van der Waals surface area contributed by atoms with Gasteiger partial charge in [0.15, 0.2) is 0 Å². The molecule has 3 nitrogen and oxygen atoms in total. The molecule has 0 spiro atoms. The van der Waals surface area contributed by atoms with Gasteiger partial charge in [0.2, 0.25) is 0 Å². The molecule has 71 valence electrons. The Bertz CT molecular complexity index is 422. The first-order chi connectivity index (χ1) is 6.74. The molecule has 2 rings (SSSR count). The number of hydrogen-bond acceptors (Lipinski definition) is 2. The molecule has 1 aromatic carbocycles. The molecule has 14 heavy (non-hydrogen) atoms. The molecule has 3 heteroatoms. The van der Waals surface area contributed by atoms with Crippen molar-refractivity contribution in [3.63, 3.8) is 0 Å². The van der Waals surface area contributed by atoms with Gasteiger partial charge in [-0.1, -0.05) is 6.07 Å². The van der Waals surface area contributed by atoms with Crippen molar-refractivity contribution in [2.45, 2.75) is 6.92 Å². The van der Waals surface area contributed by atoms with Crippen LogP contribution in [0.2, 0.25) is 0 Å². The molecule has 0 saturated carbocycles. The second-order valence-electron chi connectivity index (χ2n) is 3.13. The van der Waals surface area contributed by atoms with Crippen LogP contribution in [0, 0.1) is 6.92 Å². The first-order valence-electron chi connectivity index (χ1n) is 4.33. The summed E-state index contributed by atoms with van der Waals surface area (Å²) in [5.74, 6) is -0.317. The van der Waals surface area contributed by atoms with Gasteiger partial charge >= 0.3 is 5.97 Å². The van der Waals surface area contributed by atoms with Crippen molar-refractivity contribution in [2.75, 3.05) is 7.11 Å². The SMILES string of the molecule is COC(=O)c1ccc(C)c2c1C=C[N]2. The highest BCUT2D eigenvalue weighted by Gasteiger charge is 2.18. The van der Waals surface area contributed by atoms with E-state index in [0.29, 0.717) is 5.56 Å². The second-order valence-corrected chi connectivity index (χ2v) is 3.13. The van der Waals surface area contributed by atoms with Crippen molar-refractivity contribution in [2.24, 2.45) is 0 Å². The fourth-order valence-electron chi connectivity index (χ4n) is 1.53. The van der Waals surface area contributed by atoms with Crippen molar-refractivity contribution >= 4 is 17.7 Å². The first-order valence-corrected chi connectivity index (χ1v) is 4.33. The van der Waals surface area contributed by atoms with Gasteiger partial charge in [-0.05, 0) is 24.6 Å². The summed E-state index contributed by atoms with van der Waals surface area (Å²) in [6, 6.07) is 3.65. The summed E-state index contributed by atoms with van der Waals surface area (Å²) in [6.07, 6.45) is 3.53. The summed E-state index contributed by atoms with van der Waals surface area (Å²) in [4.78, 5) is 11.4. The molecule has 1 aromatic rings. The third-order valence-corrected chi connectivity index (χ3v) is 2.27. The number of methoxy groups -OCH3 is 1. The van der Waals surface area contributed by atoms with Crippen LogP contribution < -0.4 is 5.32 Å². The molecule has 0 bridgehead atoms. The minimum absolute atomic E-state index is 0.317. The van der Waals surface area contributed by atoms with Gasteiger partial charge in [-0.2, -0.15) is 0 Å². The zero-order valence-corrected chi connectivity index (χ0v) is 8.07. The number of carbonyl (C=O) groups is 1. The standard InChI is InChI=1S/C11H10NO2/c1-7-3-4-9(11(13)14-2)8-5-6-12-10(7)8/h3-6H,1-2H3. The fraction of sp³-hybridized carbons (Fsp3) is 0.182. The van der Waals surface area contributed by atoms with Crippen LogP contribution in [0.15, 0.2) is 18.3 Å². The topological polar surface area (TPSA) is 40.4 Å². The number of benzene rings is 1. The van der Waals surface area contributed by atoms with Crippen molar-refractivity contribution in [1.29, 1.82) is 0 Å². The highest BCUT2D eigenvalue weighted by Crippen LogP contribution is 2.30. The smallest absolute Gasteiger partial charge is 0.338 e. The molecule has 0 amide bonds. The Morgan fingerprint density at radius 2 is 2.21 bits per heavy atom. The quantitative estimate of drug-likeness (QED) is 0.632. The summed E-state index contributed by atoms with van der Waals surface area (Å²) in [5, 5.41) is 4.19. The van der Waals surface area contributed by atoms with Crippen LogP contribution in [0.25, 0.3) is 6.08 Å². The van der Waals surface area contributed by atoms with E-state index in [2.05, 4.69) is 10.1 Å². The van der Waals surface area contributed by atoms with E-state index in [-0.39, 0.29) is 5.97 Å². The molecule has 1 aliphatic heterocycles. The molecule has 0 N–H and O–H groups in total. The number of nitrogens with zero attached hydrogens (tertiary/aromatic N) is 1. The van der Waals surface area contributed by atoms with Crippen molar-refractivity contribution in [3.8, 4) is 0 Å². The van der Waals surface area contributed by atoms with Crippen molar-refractivity contribution in [1.82, 2.24) is 5.32 Å². The van der Waals surface area contributed by atoms with E-state index < -0.39 is 0 Å². The maximum Gasteiger partial charge on any atom is 0.338 e. The maximum absolute atomic E-state index is 11.4. The highest BCUT2D eigenvalue weighted by atomic mass is 16.5. The molecule has 1 radical (unpaired) electrons. The largest absolute Gasteiger partial charge is 0.465 e. The van der Waals surface area contributed by atoms with Gasteiger partial charge in [0.1, 0.15) is 0 Å². The molecule has 0 aliphatic carbocycles. The van der Waals surface area contributed by atoms with Gasteiger partial charge in [0, 0.05) is 11.8 Å². The number of hydrogen-bond donors (Lipinski definition) is 0. The lowest BCUT2D eigenvalue weighted by molar-refractivity contribution is 0.0600. The average molecular weight is 188 g/mol. The van der Waals surface area contributed by atoms with Crippen LogP contribution in [-0.2, 0) is 4.74 Å². The van der Waals surface area contributed by atoms with E-state index in [1.165, 1.54) is 7.11 Å². The van der Waals surface area contributed by atoms with Crippen LogP contribution in [0.4, 0.5) is 5.69 Å². The number of rotatable bonds is 1. The number of aryl methyl sites for hydroxylation is 1. The van der Waals surface area contributed by atoms with Crippen LogP contribution >= 0.6 is 0 Å². The molecule has 0 saturated heterocycles. The van der Waals surface area contributed by atoms with E-state index in [0.717, 1.165) is 16.8 Å². The van der Waals surface area contributed by atoms with E-state index in [1.54, 1.807) is 12.3 Å². The van der Waals surface area contributed by atoms with Crippen LogP contribution in [0.3, 0.4) is 0 Å². The Hall–Kier alpha value is -1.77. The average Bonchev–Trinajstić information content (AvgIpc) is 2.67. The van der Waals surface area contributed by atoms with E-state index in [4.69, 9.17) is 0 Å². The van der Waals surface area contributed by atoms with Crippen LogP contribution in [-0.4, -0.2) is 13.1 Å². The van der Waals surface area contributed by atoms with Gasteiger partial charge in [0.25, 0.3) is 0 Å². The second kappa shape index (κ2) is 3.18. The number of carbonyl (C=O) groups excluding carboxylic acids is 1. The Balaban J connectivity index is 2.58. The highest BCUT2D eigenvalue weighted by molar-refractivity contribution is 5.97. The Morgan fingerprint density at radius 3 is 2.93 bits per heavy atom. The zero-order valence-electron chi connectivity index (χ0n) is 8.07. The predicted molar refractivity (Wildman–Crippen MR) is 53.3 cm³/mol. The maximum atomic E-state index is 11.4. The number of fused-ring (bicyclic) bond motifs is 1. The number of ether oxygens (including phenoxy) is 1. The molecule has 0 atom stereocenters. The van der Waals surface area contributed by atoms with E-state index in [9.17, 15) is 4.79 Å². The molecule has 0 aromatic heterocycles. The minimum atomic E-state index is -0.317. The zero-order chi connectivity index (χ0) is 10.1. The van der Waals surface area contributed by atoms with Gasteiger partial charge in [-0.3, -0.25) is 5.32 Å². The van der Waals surface area contributed by atoms with E-state index in [1.807, 2.05) is 19.1 Å². The molecule has 1 aliphatic rings. The number of esters is 1. The van der Waals surface area contributed by atoms with Crippen molar-refractivity contribution < 1.29 is 9.53 Å². The van der Waals surface area contributed by atoms with Gasteiger partial charge in [0.05, 0.1) is 18.4 Å². The molecular formula is C11H10NO2. The normalized spacial score (nSPS) is 12.1. The Morgan fingerprint density at radius 1 is 1.43 bits per heavy atom. The molecule has 1 heterocycles. The van der Waals surface area contributed by atoms with Gasteiger partial charge < -0.3 is 4.74 Å². The molecular weight excluding hydrogens is 178 g/mol. The Labute approximate surface area is 82.4 Å². The fourth-order valence-corrected chi connectivity index (χ4v) is 1.53. The summed E-state index contributed by atoms with van der Waals surface area (Å²) in [5.41, 5.74) is 3.37. The Kier molecular flexibility index (Phi) is 2.00. The van der Waals surface area contributed by atoms with Gasteiger partial charge in [-0.25, -0.2) is 4.79 Å². The summed E-state index contributed by atoms with van der Waals surface area (Å²) >= 11 is 0. The van der Waals surface area contributed by atoms with Gasteiger partial charge in [-0.15, -0.1) is 0 Å². The third kappa shape index (κ3) is 1.18. The monoisotopic (exact) mass is 188 g/mol. The van der Waals surface area contributed by atoms with Crippen LogP contribution in [0.5, 0.6) is 0 Å². The minimum Gasteiger partial charge on any atom is -0.465 e. The third-order valence-electron chi connectivity index (χ3n) is 2.27. The lowest BCUT2D eigenvalue weighted by Crippen LogP contribution is -2.04. The molecule has 0 unspecified atom stereocenters.